The van der Waals surface area contributed by atoms with E-state index in [4.69, 9.17) is 4.74 Å². The number of piperazine rings is 1. The third kappa shape index (κ3) is 3.74. The topological polar surface area (TPSA) is 78.9 Å². The summed E-state index contributed by atoms with van der Waals surface area (Å²) in [4.78, 5) is 39.1. The van der Waals surface area contributed by atoms with Crippen molar-refractivity contribution in [2.24, 2.45) is 0 Å². The first kappa shape index (κ1) is 19.2. The zero-order valence-electron chi connectivity index (χ0n) is 17.0. The van der Waals surface area contributed by atoms with Gasteiger partial charge in [-0.1, -0.05) is 6.07 Å². The molecule has 4 heterocycles. The second kappa shape index (κ2) is 7.69. The minimum atomic E-state index is -0.380. The third-order valence-corrected chi connectivity index (χ3v) is 5.38. The molecule has 0 bridgehead atoms. The van der Waals surface area contributed by atoms with Crippen molar-refractivity contribution in [2.75, 3.05) is 42.6 Å². The summed E-state index contributed by atoms with van der Waals surface area (Å²) in [6, 6.07) is 5.51. The first-order valence-corrected chi connectivity index (χ1v) is 9.83. The summed E-state index contributed by atoms with van der Waals surface area (Å²) < 4.78 is 5.04. The van der Waals surface area contributed by atoms with Gasteiger partial charge in [-0.2, -0.15) is 0 Å². The Bertz CT molecular complexity index is 922. The summed E-state index contributed by atoms with van der Waals surface area (Å²) in [6.07, 6.45) is 3.06. The largest absolute Gasteiger partial charge is 0.447 e. The number of carbonyl (C=O) groups is 2. The van der Waals surface area contributed by atoms with Gasteiger partial charge in [-0.25, -0.2) is 14.8 Å². The lowest BCUT2D eigenvalue weighted by Gasteiger charge is -2.36. The van der Waals surface area contributed by atoms with E-state index >= 15 is 0 Å². The van der Waals surface area contributed by atoms with Crippen molar-refractivity contribution in [1.82, 2.24) is 14.9 Å². The predicted molar refractivity (Wildman–Crippen MR) is 109 cm³/mol. The Morgan fingerprint density at radius 3 is 2.45 bits per heavy atom. The van der Waals surface area contributed by atoms with Crippen LogP contribution in [0.25, 0.3) is 0 Å². The van der Waals surface area contributed by atoms with Crippen molar-refractivity contribution >= 4 is 23.5 Å². The quantitative estimate of drug-likeness (QED) is 0.794. The molecule has 2 fully saturated rings. The van der Waals surface area contributed by atoms with Gasteiger partial charge in [0.05, 0.1) is 17.9 Å². The molecule has 1 unspecified atom stereocenters. The SMILES string of the molecule is Cc1cnc(N2CCN(C(=O)c3ccc(N4C(=O)OCC4C)cn3)CC2)c(C)c1. The first-order chi connectivity index (χ1) is 13.9. The molecule has 0 aromatic carbocycles. The average molecular weight is 395 g/mol. The van der Waals surface area contributed by atoms with Crippen molar-refractivity contribution in [1.29, 1.82) is 0 Å². The minimum Gasteiger partial charge on any atom is -0.447 e. The van der Waals surface area contributed by atoms with Crippen LogP contribution in [0.2, 0.25) is 0 Å². The van der Waals surface area contributed by atoms with Crippen LogP contribution in [0.5, 0.6) is 0 Å². The molecule has 29 heavy (non-hydrogen) atoms. The molecule has 2 amide bonds. The number of hydrogen-bond acceptors (Lipinski definition) is 6. The van der Waals surface area contributed by atoms with Gasteiger partial charge in [-0.15, -0.1) is 0 Å². The number of amides is 2. The van der Waals surface area contributed by atoms with Gasteiger partial charge in [-0.3, -0.25) is 9.69 Å². The summed E-state index contributed by atoms with van der Waals surface area (Å²) >= 11 is 0. The maximum Gasteiger partial charge on any atom is 0.414 e. The molecule has 0 saturated carbocycles. The average Bonchev–Trinajstić information content (AvgIpc) is 3.06. The first-order valence-electron chi connectivity index (χ1n) is 9.83. The second-order valence-corrected chi connectivity index (χ2v) is 7.63. The number of rotatable bonds is 3. The van der Waals surface area contributed by atoms with E-state index < -0.39 is 0 Å². The van der Waals surface area contributed by atoms with E-state index in [1.807, 2.05) is 24.9 Å². The Morgan fingerprint density at radius 2 is 1.86 bits per heavy atom. The number of hydrogen-bond donors (Lipinski definition) is 0. The highest BCUT2D eigenvalue weighted by molar-refractivity contribution is 5.94. The zero-order valence-corrected chi connectivity index (χ0v) is 17.0. The number of cyclic esters (lactones) is 1. The van der Waals surface area contributed by atoms with Gasteiger partial charge < -0.3 is 14.5 Å². The molecular formula is C21H25N5O3. The lowest BCUT2D eigenvalue weighted by atomic mass is 10.2. The number of ether oxygens (including phenoxy) is 1. The molecule has 2 saturated heterocycles. The highest BCUT2D eigenvalue weighted by atomic mass is 16.6. The van der Waals surface area contributed by atoms with Crippen LogP contribution in [0.15, 0.2) is 30.6 Å². The van der Waals surface area contributed by atoms with Crippen molar-refractivity contribution < 1.29 is 14.3 Å². The highest BCUT2D eigenvalue weighted by Crippen LogP contribution is 2.23. The molecule has 0 N–H and O–H groups in total. The van der Waals surface area contributed by atoms with Crippen LogP contribution < -0.4 is 9.80 Å². The number of aryl methyl sites for hydroxylation is 2. The Hall–Kier alpha value is -3.16. The monoisotopic (exact) mass is 395 g/mol. The smallest absolute Gasteiger partial charge is 0.414 e. The summed E-state index contributed by atoms with van der Waals surface area (Å²) in [5.41, 5.74) is 3.32. The molecule has 2 aliphatic rings. The molecule has 1 atom stereocenters. The summed E-state index contributed by atoms with van der Waals surface area (Å²) in [6.45, 7) is 9.07. The molecular weight excluding hydrogens is 370 g/mol. The van der Waals surface area contributed by atoms with Crippen molar-refractivity contribution in [3.05, 3.63) is 47.4 Å². The molecule has 4 rings (SSSR count). The lowest BCUT2D eigenvalue weighted by Crippen LogP contribution is -2.49. The van der Waals surface area contributed by atoms with Crippen LogP contribution in [0.3, 0.4) is 0 Å². The van der Waals surface area contributed by atoms with Gasteiger partial charge in [0.25, 0.3) is 5.91 Å². The molecule has 2 aromatic heterocycles. The Kier molecular flexibility index (Phi) is 5.08. The van der Waals surface area contributed by atoms with Crippen LogP contribution >= 0.6 is 0 Å². The Labute approximate surface area is 170 Å². The maximum absolute atomic E-state index is 12.8. The number of nitrogens with zero attached hydrogens (tertiary/aromatic N) is 5. The normalized spacial score (nSPS) is 19.5. The molecule has 0 spiro atoms. The van der Waals surface area contributed by atoms with Crippen molar-refractivity contribution in [3.63, 3.8) is 0 Å². The van der Waals surface area contributed by atoms with Gasteiger partial charge in [0.2, 0.25) is 0 Å². The third-order valence-electron chi connectivity index (χ3n) is 5.38. The predicted octanol–water partition coefficient (Wildman–Crippen LogP) is 2.40. The van der Waals surface area contributed by atoms with Crippen LogP contribution in [0.4, 0.5) is 16.3 Å². The van der Waals surface area contributed by atoms with E-state index in [1.165, 1.54) is 0 Å². The van der Waals surface area contributed by atoms with E-state index in [1.54, 1.807) is 23.2 Å². The fourth-order valence-electron chi connectivity index (χ4n) is 3.85. The maximum atomic E-state index is 12.8. The van der Waals surface area contributed by atoms with Gasteiger partial charge in [-0.05, 0) is 44.0 Å². The van der Waals surface area contributed by atoms with E-state index in [0.29, 0.717) is 31.1 Å². The standard InChI is InChI=1S/C21H25N5O3/c1-14-10-15(2)19(23-11-14)24-6-8-25(9-7-24)20(27)18-5-4-17(12-22-18)26-16(3)13-29-21(26)28/h4-5,10-12,16H,6-9,13H2,1-3H3. The van der Waals surface area contributed by atoms with Gasteiger partial charge in [0.15, 0.2) is 0 Å². The number of aromatic nitrogens is 2. The van der Waals surface area contributed by atoms with Crippen LogP contribution in [0, 0.1) is 13.8 Å². The lowest BCUT2D eigenvalue weighted by molar-refractivity contribution is 0.0740. The zero-order chi connectivity index (χ0) is 20.5. The minimum absolute atomic E-state index is 0.0437. The Balaban J connectivity index is 1.40. The Morgan fingerprint density at radius 1 is 1.10 bits per heavy atom. The number of carbonyl (C=O) groups excluding carboxylic acids is 2. The van der Waals surface area contributed by atoms with Crippen LogP contribution in [-0.4, -0.2) is 65.7 Å². The molecule has 8 heteroatoms. The highest BCUT2D eigenvalue weighted by Gasteiger charge is 2.31. The summed E-state index contributed by atoms with van der Waals surface area (Å²) in [7, 11) is 0. The van der Waals surface area contributed by atoms with Crippen LogP contribution in [0.1, 0.15) is 28.5 Å². The number of pyridine rings is 2. The van der Waals surface area contributed by atoms with Gasteiger partial charge in [0.1, 0.15) is 18.1 Å². The summed E-state index contributed by atoms with van der Waals surface area (Å²) in [5, 5.41) is 0. The van der Waals surface area contributed by atoms with Crippen LogP contribution in [-0.2, 0) is 4.74 Å². The molecule has 0 radical (unpaired) electrons. The fourth-order valence-corrected chi connectivity index (χ4v) is 3.85. The molecule has 152 valence electrons. The van der Waals surface area contributed by atoms with E-state index in [2.05, 4.69) is 27.9 Å². The fraction of sp³-hybridized carbons (Fsp3) is 0.429. The van der Waals surface area contributed by atoms with E-state index in [-0.39, 0.29) is 18.0 Å². The number of anilines is 2. The van der Waals surface area contributed by atoms with Gasteiger partial charge in [0, 0.05) is 32.4 Å². The molecule has 0 aliphatic carbocycles. The van der Waals surface area contributed by atoms with Gasteiger partial charge >= 0.3 is 6.09 Å². The van der Waals surface area contributed by atoms with E-state index in [0.717, 1.165) is 30.0 Å². The molecule has 8 nitrogen and oxygen atoms in total. The van der Waals surface area contributed by atoms with Crippen molar-refractivity contribution in [3.8, 4) is 0 Å². The molecule has 2 aliphatic heterocycles. The second-order valence-electron chi connectivity index (χ2n) is 7.63. The summed E-state index contributed by atoms with van der Waals surface area (Å²) in [5.74, 6) is 0.888. The molecule has 2 aromatic rings. The van der Waals surface area contributed by atoms with Crippen molar-refractivity contribution in [2.45, 2.75) is 26.8 Å². The van der Waals surface area contributed by atoms with E-state index in [9.17, 15) is 9.59 Å².